The summed E-state index contributed by atoms with van der Waals surface area (Å²) in [6.45, 7) is 5.49. The summed E-state index contributed by atoms with van der Waals surface area (Å²) in [5.41, 5.74) is -0.706. The Morgan fingerprint density at radius 3 is 2.21 bits per heavy atom. The third-order valence-electron chi connectivity index (χ3n) is 5.57. The van der Waals surface area contributed by atoms with Crippen LogP contribution < -0.4 is 9.80 Å². The average molecular weight is 464 g/mol. The fraction of sp³-hybridized carbons (Fsp3) is 0.545. The zero-order valence-electron chi connectivity index (χ0n) is 19.1. The molecule has 33 heavy (non-hydrogen) atoms. The molecule has 3 rings (SSSR count). The smallest absolute Gasteiger partial charge is 0.347 e. The zero-order valence-corrected chi connectivity index (χ0v) is 19.1. The molecule has 1 saturated carbocycles. The molecule has 0 spiro atoms. The molecule has 1 aromatic carbocycles. The van der Waals surface area contributed by atoms with Gasteiger partial charge in [-0.15, -0.1) is 0 Å². The first-order valence-electron chi connectivity index (χ1n) is 11.0. The van der Waals surface area contributed by atoms with Gasteiger partial charge in [-0.05, 0) is 39.8 Å². The van der Waals surface area contributed by atoms with Gasteiger partial charge in [0.1, 0.15) is 0 Å². The van der Waals surface area contributed by atoms with E-state index in [1.807, 2.05) is 7.05 Å². The van der Waals surface area contributed by atoms with Crippen LogP contribution >= 0.6 is 0 Å². The second-order valence-electron chi connectivity index (χ2n) is 7.94. The van der Waals surface area contributed by atoms with Crippen LogP contribution in [0.25, 0.3) is 0 Å². The fourth-order valence-electron chi connectivity index (χ4n) is 3.69. The summed E-state index contributed by atoms with van der Waals surface area (Å²) in [6, 6.07) is 2.43. The molecule has 0 aromatic heterocycles. The first-order chi connectivity index (χ1) is 15.8. The van der Waals surface area contributed by atoms with Gasteiger partial charge >= 0.3 is 11.9 Å². The zero-order chi connectivity index (χ0) is 24.1. The normalized spacial score (nSPS) is 16.2. The maximum atomic E-state index is 15.9. The van der Waals surface area contributed by atoms with Crippen LogP contribution in [0.2, 0.25) is 0 Å². The first kappa shape index (κ1) is 24.4. The highest BCUT2D eigenvalue weighted by Gasteiger charge is 2.36. The number of rotatable bonds is 9. The number of piperazine rings is 1. The maximum Gasteiger partial charge on any atom is 0.347 e. The Morgan fingerprint density at radius 1 is 1.15 bits per heavy atom. The van der Waals surface area contributed by atoms with Gasteiger partial charge in [-0.25, -0.2) is 14.0 Å². The van der Waals surface area contributed by atoms with E-state index in [1.165, 1.54) is 23.2 Å². The third-order valence-corrected chi connectivity index (χ3v) is 5.57. The lowest BCUT2D eigenvalue weighted by Crippen LogP contribution is -2.45. The van der Waals surface area contributed by atoms with E-state index in [-0.39, 0.29) is 41.9 Å². The number of esters is 2. The van der Waals surface area contributed by atoms with Crippen molar-refractivity contribution in [1.82, 2.24) is 4.90 Å². The van der Waals surface area contributed by atoms with Crippen molar-refractivity contribution in [2.24, 2.45) is 0 Å². The van der Waals surface area contributed by atoms with Crippen molar-refractivity contribution >= 4 is 29.0 Å². The molecule has 0 N–H and O–H groups in total. The molecule has 2 fully saturated rings. The summed E-state index contributed by atoms with van der Waals surface area (Å²) in [4.78, 5) is 41.1. The SMILES string of the molecule is CCOC(=O)C(=CN(c1ccc([N+](=O)[O-])c(N2CCN(C)CC2)c1F)C1CC1)C(=O)OCC. The first-order valence-corrected chi connectivity index (χ1v) is 11.0. The van der Waals surface area contributed by atoms with Crippen molar-refractivity contribution in [3.8, 4) is 0 Å². The molecule has 180 valence electrons. The van der Waals surface area contributed by atoms with Crippen LogP contribution in [0.5, 0.6) is 0 Å². The molecule has 1 aliphatic heterocycles. The molecule has 1 saturated heterocycles. The lowest BCUT2D eigenvalue weighted by molar-refractivity contribution is -0.384. The molecular weight excluding hydrogens is 435 g/mol. The molecule has 1 aromatic rings. The Labute approximate surface area is 191 Å². The summed E-state index contributed by atoms with van der Waals surface area (Å²) in [6.07, 6.45) is 2.68. The van der Waals surface area contributed by atoms with E-state index in [9.17, 15) is 19.7 Å². The summed E-state index contributed by atoms with van der Waals surface area (Å²) in [5, 5.41) is 11.7. The largest absolute Gasteiger partial charge is 0.462 e. The number of likely N-dealkylation sites (N-methyl/N-ethyl adjacent to an activating group) is 1. The predicted octanol–water partition coefficient (Wildman–Crippen LogP) is 2.46. The molecule has 1 aliphatic carbocycles. The van der Waals surface area contributed by atoms with E-state index in [2.05, 4.69) is 4.90 Å². The number of nitro groups is 1. The van der Waals surface area contributed by atoms with Crippen molar-refractivity contribution in [3.63, 3.8) is 0 Å². The molecular formula is C22H29FN4O6. The van der Waals surface area contributed by atoms with E-state index in [4.69, 9.17) is 9.47 Å². The predicted molar refractivity (Wildman–Crippen MR) is 120 cm³/mol. The van der Waals surface area contributed by atoms with Crippen LogP contribution in [0, 0.1) is 15.9 Å². The van der Waals surface area contributed by atoms with E-state index >= 15 is 4.39 Å². The quantitative estimate of drug-likeness (QED) is 0.136. The maximum absolute atomic E-state index is 15.9. The van der Waals surface area contributed by atoms with Crippen LogP contribution in [0.15, 0.2) is 23.9 Å². The van der Waals surface area contributed by atoms with Gasteiger partial charge in [0.2, 0.25) is 0 Å². The topological polar surface area (TPSA) is 105 Å². The number of anilines is 2. The Bertz CT molecular complexity index is 921. The number of nitrogens with zero attached hydrogens (tertiary/aromatic N) is 4. The third kappa shape index (κ3) is 5.59. The minimum atomic E-state index is -0.872. The molecule has 10 nitrogen and oxygen atoms in total. The number of benzene rings is 1. The summed E-state index contributed by atoms with van der Waals surface area (Å²) in [7, 11) is 1.93. The van der Waals surface area contributed by atoms with Gasteiger partial charge in [0.25, 0.3) is 5.69 Å². The fourth-order valence-corrected chi connectivity index (χ4v) is 3.69. The molecule has 0 radical (unpaired) electrons. The van der Waals surface area contributed by atoms with Crippen molar-refractivity contribution in [2.75, 3.05) is 56.2 Å². The highest BCUT2D eigenvalue weighted by Crippen LogP contribution is 2.41. The summed E-state index contributed by atoms with van der Waals surface area (Å²) >= 11 is 0. The second kappa shape index (κ2) is 10.6. The second-order valence-corrected chi connectivity index (χ2v) is 7.94. The van der Waals surface area contributed by atoms with Gasteiger partial charge < -0.3 is 24.2 Å². The number of halogens is 1. The molecule has 0 atom stereocenters. The molecule has 2 aliphatic rings. The highest BCUT2D eigenvalue weighted by atomic mass is 19.1. The van der Waals surface area contributed by atoms with E-state index in [1.54, 1.807) is 18.7 Å². The lowest BCUT2D eigenvalue weighted by Gasteiger charge is -2.34. The van der Waals surface area contributed by atoms with Crippen LogP contribution in [0.4, 0.5) is 21.5 Å². The highest BCUT2D eigenvalue weighted by molar-refractivity contribution is 6.14. The van der Waals surface area contributed by atoms with Crippen LogP contribution in [0.1, 0.15) is 26.7 Å². The summed E-state index contributed by atoms with van der Waals surface area (Å²) < 4.78 is 25.9. The average Bonchev–Trinajstić information content (AvgIpc) is 3.61. The van der Waals surface area contributed by atoms with Gasteiger partial charge in [-0.1, -0.05) is 0 Å². The van der Waals surface area contributed by atoms with E-state index in [0.29, 0.717) is 26.2 Å². The van der Waals surface area contributed by atoms with Gasteiger partial charge in [-0.3, -0.25) is 10.1 Å². The van der Waals surface area contributed by atoms with Gasteiger partial charge in [-0.2, -0.15) is 0 Å². The van der Waals surface area contributed by atoms with Crippen LogP contribution in [0.3, 0.4) is 0 Å². The van der Waals surface area contributed by atoms with Gasteiger partial charge in [0.05, 0.1) is 23.8 Å². The van der Waals surface area contributed by atoms with Crippen molar-refractivity contribution in [2.45, 2.75) is 32.7 Å². The van der Waals surface area contributed by atoms with Crippen molar-refractivity contribution in [3.05, 3.63) is 39.8 Å². The van der Waals surface area contributed by atoms with Crippen molar-refractivity contribution in [1.29, 1.82) is 0 Å². The number of hydrogen-bond donors (Lipinski definition) is 0. The van der Waals surface area contributed by atoms with E-state index in [0.717, 1.165) is 12.8 Å². The molecule has 11 heteroatoms. The number of carbonyl (C=O) groups excluding carboxylic acids is 2. The standard InChI is InChI=1S/C22H29FN4O6/c1-4-32-21(28)16(22(29)33-5-2)14-26(15-6-7-15)17-8-9-18(27(30)31)20(19(17)23)25-12-10-24(3)11-13-25/h8-9,14-15H,4-7,10-13H2,1-3H3. The van der Waals surface area contributed by atoms with Crippen LogP contribution in [-0.2, 0) is 19.1 Å². The Balaban J connectivity index is 2.08. The number of nitro benzene ring substituents is 1. The minimum Gasteiger partial charge on any atom is -0.462 e. The molecule has 0 amide bonds. The number of hydrogen-bond acceptors (Lipinski definition) is 9. The van der Waals surface area contributed by atoms with Gasteiger partial charge in [0, 0.05) is 44.5 Å². The number of ether oxygens (including phenoxy) is 2. The lowest BCUT2D eigenvalue weighted by atomic mass is 10.1. The Kier molecular flexibility index (Phi) is 7.85. The van der Waals surface area contributed by atoms with Crippen LogP contribution in [-0.4, -0.2) is 74.2 Å². The molecule has 0 unspecified atom stereocenters. The van der Waals surface area contributed by atoms with E-state index < -0.39 is 22.7 Å². The number of carbonyl (C=O) groups is 2. The Hall–Kier alpha value is -3.21. The van der Waals surface area contributed by atoms with Gasteiger partial charge in [0.15, 0.2) is 17.1 Å². The minimum absolute atomic E-state index is 0.0540. The molecule has 1 heterocycles. The summed E-state index contributed by atoms with van der Waals surface area (Å²) in [5.74, 6) is -2.50. The Morgan fingerprint density at radius 2 is 1.73 bits per heavy atom. The monoisotopic (exact) mass is 464 g/mol. The van der Waals surface area contributed by atoms with Crippen molar-refractivity contribution < 1.29 is 28.4 Å². The molecule has 0 bridgehead atoms.